The fraction of sp³-hybridized carbons (Fsp3) is 0.412. The van der Waals surface area contributed by atoms with Crippen molar-refractivity contribution in [2.24, 2.45) is 5.92 Å². The smallest absolute Gasteiger partial charge is 0.333 e. The molecule has 2 amide bonds. The van der Waals surface area contributed by atoms with Crippen molar-refractivity contribution in [3.8, 4) is 0 Å². The number of aliphatic hydroxyl groups excluding tert-OH is 1. The average molecular weight is 366 g/mol. The van der Waals surface area contributed by atoms with Crippen molar-refractivity contribution in [3.05, 3.63) is 30.3 Å². The van der Waals surface area contributed by atoms with Crippen LogP contribution in [0.1, 0.15) is 32.6 Å². The number of rotatable bonds is 7. The summed E-state index contributed by atoms with van der Waals surface area (Å²) in [7, 11) is 0. The fourth-order valence-corrected chi connectivity index (χ4v) is 2.20. The molecule has 0 aromatic heterocycles. The van der Waals surface area contributed by atoms with E-state index in [0.717, 1.165) is 12.8 Å². The molecule has 1 saturated heterocycles. The molecule has 1 aromatic carbocycles. The van der Waals surface area contributed by atoms with E-state index in [0.29, 0.717) is 12.1 Å². The summed E-state index contributed by atoms with van der Waals surface area (Å²) < 4.78 is 0. The molecule has 26 heavy (non-hydrogen) atoms. The Morgan fingerprint density at radius 2 is 1.81 bits per heavy atom. The van der Waals surface area contributed by atoms with E-state index in [2.05, 4.69) is 5.43 Å². The summed E-state index contributed by atoms with van der Waals surface area (Å²) in [6, 6.07) is 9.17. The van der Waals surface area contributed by atoms with Gasteiger partial charge in [-0.1, -0.05) is 38.0 Å². The van der Waals surface area contributed by atoms with Crippen LogP contribution in [-0.4, -0.2) is 45.2 Å². The quantitative estimate of drug-likeness (QED) is 0.522. The molecule has 2 unspecified atom stereocenters. The van der Waals surface area contributed by atoms with Crippen molar-refractivity contribution >= 4 is 29.4 Å². The van der Waals surface area contributed by atoms with Crippen LogP contribution in [0.3, 0.4) is 0 Å². The average Bonchev–Trinajstić information content (AvgIpc) is 2.88. The first kappa shape index (κ1) is 21.1. The number of amides is 2. The Balaban J connectivity index is 0.000000321. The van der Waals surface area contributed by atoms with Crippen LogP contribution in [0.4, 0.5) is 5.69 Å². The first-order valence-electron chi connectivity index (χ1n) is 8.10. The lowest BCUT2D eigenvalue weighted by atomic mass is 10.0. The molecule has 0 saturated carbocycles. The summed E-state index contributed by atoms with van der Waals surface area (Å²) in [4.78, 5) is 43.2. The summed E-state index contributed by atoms with van der Waals surface area (Å²) in [5, 5.41) is 25.5. The van der Waals surface area contributed by atoms with Gasteiger partial charge in [-0.2, -0.15) is 0 Å². The zero-order valence-corrected chi connectivity index (χ0v) is 14.3. The second kappa shape index (κ2) is 10.1. The van der Waals surface area contributed by atoms with Crippen molar-refractivity contribution in [3.63, 3.8) is 0 Å². The normalized spacial score (nSPS) is 17.2. The van der Waals surface area contributed by atoms with E-state index in [4.69, 9.17) is 15.3 Å². The summed E-state index contributed by atoms with van der Waals surface area (Å²) in [6.07, 6.45) is -0.0307. The maximum absolute atomic E-state index is 12.1. The number of carbonyl (C=O) groups excluding carboxylic acids is 2. The number of para-hydroxylation sites is 1. The maximum Gasteiger partial charge on any atom is 0.333 e. The molecule has 2 atom stereocenters. The molecule has 1 fully saturated rings. The van der Waals surface area contributed by atoms with Gasteiger partial charge in [-0.15, -0.1) is 0 Å². The van der Waals surface area contributed by atoms with Gasteiger partial charge in [0, 0.05) is 0 Å². The van der Waals surface area contributed by atoms with Gasteiger partial charge in [0.1, 0.15) is 5.92 Å². The van der Waals surface area contributed by atoms with Gasteiger partial charge in [-0.05, 0) is 18.6 Å². The number of carboxylic acids is 2. The Morgan fingerprint density at radius 1 is 1.19 bits per heavy atom. The maximum atomic E-state index is 12.1. The Bertz CT molecular complexity index is 648. The molecule has 0 bridgehead atoms. The van der Waals surface area contributed by atoms with Crippen LogP contribution in [-0.2, 0) is 19.2 Å². The first-order chi connectivity index (χ1) is 12.3. The van der Waals surface area contributed by atoms with E-state index in [1.54, 1.807) is 12.1 Å². The molecule has 1 heterocycles. The number of aliphatic carboxylic acids is 2. The fourth-order valence-electron chi connectivity index (χ4n) is 2.20. The van der Waals surface area contributed by atoms with E-state index in [-0.39, 0.29) is 11.8 Å². The van der Waals surface area contributed by atoms with Crippen molar-refractivity contribution in [1.82, 2.24) is 5.43 Å². The third kappa shape index (κ3) is 6.17. The van der Waals surface area contributed by atoms with Gasteiger partial charge in [0.05, 0.1) is 12.1 Å². The van der Waals surface area contributed by atoms with Gasteiger partial charge >= 0.3 is 11.9 Å². The summed E-state index contributed by atoms with van der Waals surface area (Å²) in [5.74, 6) is -3.69. The number of hydrazine groups is 1. The highest BCUT2D eigenvalue weighted by Crippen LogP contribution is 2.22. The predicted molar refractivity (Wildman–Crippen MR) is 91.0 cm³/mol. The van der Waals surface area contributed by atoms with Crippen LogP contribution in [0.5, 0.6) is 0 Å². The Labute approximate surface area is 150 Å². The number of hydrogen-bond donors (Lipinski definition) is 4. The van der Waals surface area contributed by atoms with Crippen LogP contribution in [0.2, 0.25) is 0 Å². The van der Waals surface area contributed by atoms with Gasteiger partial charge in [0.15, 0.2) is 6.10 Å². The molecule has 142 valence electrons. The van der Waals surface area contributed by atoms with Crippen LogP contribution in [0.25, 0.3) is 0 Å². The van der Waals surface area contributed by atoms with Crippen LogP contribution >= 0.6 is 0 Å². The van der Waals surface area contributed by atoms with Crippen molar-refractivity contribution in [2.45, 2.75) is 38.7 Å². The summed E-state index contributed by atoms with van der Waals surface area (Å²) >= 11 is 0. The van der Waals surface area contributed by atoms with Gasteiger partial charge in [-0.25, -0.2) is 9.80 Å². The number of benzene rings is 1. The van der Waals surface area contributed by atoms with E-state index in [9.17, 15) is 19.2 Å². The summed E-state index contributed by atoms with van der Waals surface area (Å²) in [6.45, 7) is 2.05. The minimum atomic E-state index is -1.79. The van der Waals surface area contributed by atoms with Gasteiger partial charge in [-0.3, -0.25) is 19.8 Å². The van der Waals surface area contributed by atoms with E-state index >= 15 is 0 Å². The van der Waals surface area contributed by atoms with Gasteiger partial charge in [0.2, 0.25) is 0 Å². The number of hydrogen-bond acceptors (Lipinski definition) is 5. The van der Waals surface area contributed by atoms with E-state index < -0.39 is 30.4 Å². The minimum Gasteiger partial charge on any atom is -0.481 e. The Hall–Kier alpha value is -2.94. The lowest BCUT2D eigenvalue weighted by molar-refractivity contribution is -0.152. The van der Waals surface area contributed by atoms with Crippen LogP contribution in [0, 0.1) is 5.92 Å². The molecule has 0 radical (unpaired) electrons. The Kier molecular flexibility index (Phi) is 8.23. The second-order valence-electron chi connectivity index (χ2n) is 5.63. The lowest BCUT2D eigenvalue weighted by Gasteiger charge is -2.14. The number of nitrogens with zero attached hydrogens (tertiary/aromatic N) is 1. The number of carboxylic acid groups (broad SMARTS) is 2. The number of nitrogens with one attached hydrogen (secondary N) is 1. The molecule has 4 N–H and O–H groups in total. The van der Waals surface area contributed by atoms with Gasteiger partial charge in [0.25, 0.3) is 11.8 Å². The molecule has 0 aliphatic carbocycles. The lowest BCUT2D eigenvalue weighted by Crippen LogP contribution is -2.35. The molecule has 9 heteroatoms. The minimum absolute atomic E-state index is 0.144. The number of carbonyl (C=O) groups is 4. The van der Waals surface area contributed by atoms with Gasteiger partial charge < -0.3 is 15.3 Å². The van der Waals surface area contributed by atoms with E-state index in [1.807, 2.05) is 25.1 Å². The zero-order valence-electron chi connectivity index (χ0n) is 14.3. The molecule has 0 spiro atoms. The topological polar surface area (TPSA) is 144 Å². The Morgan fingerprint density at radius 3 is 2.27 bits per heavy atom. The summed E-state index contributed by atoms with van der Waals surface area (Å²) in [5.41, 5.74) is 3.34. The molecule has 1 aromatic rings. The SMILES string of the molecule is CCCCC1C(=O)NN(c2ccccc2)C1=O.O=C(O)CC(O)C(=O)O. The van der Waals surface area contributed by atoms with Crippen molar-refractivity contribution < 1.29 is 34.5 Å². The molecule has 1 aliphatic rings. The standard InChI is InChI=1S/C13H16N2O2.C4H6O5/c1-2-3-9-11-12(16)14-15(13(11)17)10-7-5-4-6-8-10;5-2(4(8)9)1-3(6)7/h4-8,11H,2-3,9H2,1H3,(H,14,16);2,5H,1H2,(H,6,7)(H,8,9). The first-order valence-corrected chi connectivity index (χ1v) is 8.10. The monoisotopic (exact) mass is 366 g/mol. The highest BCUT2D eigenvalue weighted by molar-refractivity contribution is 6.14. The molecule has 1 aliphatic heterocycles. The van der Waals surface area contributed by atoms with Crippen LogP contribution in [0.15, 0.2) is 30.3 Å². The van der Waals surface area contributed by atoms with Crippen molar-refractivity contribution in [2.75, 3.05) is 5.01 Å². The highest BCUT2D eigenvalue weighted by atomic mass is 16.4. The van der Waals surface area contributed by atoms with E-state index in [1.165, 1.54) is 5.01 Å². The molecule has 2 rings (SSSR count). The number of aliphatic hydroxyl groups is 1. The molecule has 9 nitrogen and oxygen atoms in total. The highest BCUT2D eigenvalue weighted by Gasteiger charge is 2.39. The largest absolute Gasteiger partial charge is 0.481 e. The zero-order chi connectivity index (χ0) is 19.7. The predicted octanol–water partition coefficient (Wildman–Crippen LogP) is 0.777. The van der Waals surface area contributed by atoms with Crippen LogP contribution < -0.4 is 10.4 Å². The number of unbranched alkanes of at least 4 members (excludes halogenated alkanes) is 1. The molecular weight excluding hydrogens is 344 g/mol. The third-order valence-corrected chi connectivity index (χ3v) is 3.57. The molecular formula is C17H22N2O7. The second-order valence-corrected chi connectivity index (χ2v) is 5.63. The number of anilines is 1. The third-order valence-electron chi connectivity index (χ3n) is 3.57. The van der Waals surface area contributed by atoms with Crippen molar-refractivity contribution in [1.29, 1.82) is 0 Å².